The van der Waals surface area contributed by atoms with Crippen LogP contribution < -0.4 is 0 Å². The summed E-state index contributed by atoms with van der Waals surface area (Å²) in [6.07, 6.45) is 17.9. The molecule has 13 unspecified atom stereocenters. The highest BCUT2D eigenvalue weighted by Crippen LogP contribution is 2.73. The lowest BCUT2D eigenvalue weighted by Crippen LogP contribution is -2.66. The quantitative estimate of drug-likeness (QED) is 0.479. The van der Waals surface area contributed by atoms with E-state index in [1.54, 1.807) is 70.6 Å². The first kappa shape index (κ1) is 15.0. The topological polar surface area (TPSA) is 0 Å². The second-order valence-electron chi connectivity index (χ2n) is 12.0. The summed E-state index contributed by atoms with van der Waals surface area (Å²) in [6, 6.07) is 0. The molecule has 25 heavy (non-hydrogen) atoms. The van der Waals surface area contributed by atoms with Crippen LogP contribution >= 0.6 is 0 Å². The summed E-state index contributed by atoms with van der Waals surface area (Å²) >= 11 is 0. The Hall–Kier alpha value is 0. The van der Waals surface area contributed by atoms with E-state index < -0.39 is 0 Å². The Bertz CT molecular complexity index is 542. The third-order valence-corrected chi connectivity index (χ3v) is 11.8. The van der Waals surface area contributed by atoms with Crippen molar-refractivity contribution in [1.29, 1.82) is 0 Å². The Morgan fingerprint density at radius 3 is 1.28 bits per heavy atom. The summed E-state index contributed by atoms with van der Waals surface area (Å²) in [5, 5.41) is 0. The molecule has 7 aliphatic carbocycles. The molecule has 7 rings (SSSR count). The first-order chi connectivity index (χ1) is 12.3. The fourth-order valence-electron chi connectivity index (χ4n) is 11.5. The van der Waals surface area contributed by atoms with Gasteiger partial charge in [-0.05, 0) is 148 Å². The zero-order valence-electron chi connectivity index (χ0n) is 16.3. The van der Waals surface area contributed by atoms with Gasteiger partial charge in [-0.15, -0.1) is 0 Å². The molecule has 0 aliphatic heterocycles. The van der Waals surface area contributed by atoms with Crippen molar-refractivity contribution < 1.29 is 0 Å². The first-order valence-electron chi connectivity index (χ1n) is 12.3. The van der Waals surface area contributed by atoms with E-state index in [0.717, 1.165) is 23.7 Å². The molecule has 0 heterocycles. The van der Waals surface area contributed by atoms with Crippen LogP contribution in [0.15, 0.2) is 0 Å². The van der Waals surface area contributed by atoms with Crippen LogP contribution in [0.25, 0.3) is 0 Å². The molecule has 138 valence electrons. The summed E-state index contributed by atoms with van der Waals surface area (Å²) in [5.41, 5.74) is 0. The minimum absolute atomic E-state index is 1.06. The van der Waals surface area contributed by atoms with Crippen LogP contribution in [-0.4, -0.2) is 0 Å². The fraction of sp³-hybridized carbons (Fsp3) is 1.00. The smallest absolute Gasteiger partial charge is 0.0315 e. The lowest BCUT2D eigenvalue weighted by molar-refractivity contribution is -0.236. The highest BCUT2D eigenvalue weighted by Gasteiger charge is 2.66. The van der Waals surface area contributed by atoms with Crippen molar-refractivity contribution in [2.75, 3.05) is 0 Å². The van der Waals surface area contributed by atoms with Gasteiger partial charge in [0.2, 0.25) is 0 Å². The maximum Gasteiger partial charge on any atom is -0.0315 e. The third kappa shape index (κ3) is 1.77. The zero-order valence-corrected chi connectivity index (χ0v) is 16.3. The molecule has 0 aromatic heterocycles. The molecule has 0 bridgehead atoms. The van der Waals surface area contributed by atoms with E-state index in [0.29, 0.717) is 0 Å². The summed E-state index contributed by atoms with van der Waals surface area (Å²) in [4.78, 5) is 0. The number of hydrogen-bond donors (Lipinski definition) is 0. The molecule has 0 nitrogen and oxygen atoms in total. The van der Waals surface area contributed by atoms with Crippen LogP contribution in [0.5, 0.6) is 0 Å². The molecule has 0 heteroatoms. The molecular weight excluding hydrogens is 300 g/mol. The molecule has 13 atom stereocenters. The summed E-state index contributed by atoms with van der Waals surface area (Å²) in [5.74, 6) is 15.2. The van der Waals surface area contributed by atoms with Gasteiger partial charge in [0.25, 0.3) is 0 Å². The van der Waals surface area contributed by atoms with Gasteiger partial charge in [-0.1, -0.05) is 6.92 Å². The fourth-order valence-corrected chi connectivity index (χ4v) is 11.5. The third-order valence-electron chi connectivity index (χ3n) is 11.8. The van der Waals surface area contributed by atoms with Gasteiger partial charge < -0.3 is 0 Å². The van der Waals surface area contributed by atoms with Crippen molar-refractivity contribution >= 4 is 0 Å². The van der Waals surface area contributed by atoms with E-state index in [4.69, 9.17) is 0 Å². The highest BCUT2D eigenvalue weighted by atomic mass is 14.7. The van der Waals surface area contributed by atoms with Gasteiger partial charge in [-0.25, -0.2) is 0 Å². The van der Waals surface area contributed by atoms with Crippen LogP contribution in [0.3, 0.4) is 0 Å². The van der Waals surface area contributed by atoms with Crippen molar-refractivity contribution in [3.05, 3.63) is 0 Å². The van der Waals surface area contributed by atoms with E-state index >= 15 is 0 Å². The van der Waals surface area contributed by atoms with Crippen molar-refractivity contribution in [2.24, 2.45) is 76.9 Å². The molecule has 0 spiro atoms. The number of hydrogen-bond acceptors (Lipinski definition) is 0. The van der Waals surface area contributed by atoms with Gasteiger partial charge in [0.05, 0.1) is 0 Å². The van der Waals surface area contributed by atoms with Crippen molar-refractivity contribution in [3.8, 4) is 0 Å². The minimum atomic E-state index is 1.06. The molecule has 7 saturated carbocycles. The Balaban J connectivity index is 1.41. The second kappa shape index (κ2) is 5.08. The molecule has 0 saturated heterocycles. The second-order valence-corrected chi connectivity index (χ2v) is 12.0. The van der Waals surface area contributed by atoms with E-state index in [2.05, 4.69) is 6.92 Å². The van der Waals surface area contributed by atoms with E-state index in [1.807, 2.05) is 0 Å². The van der Waals surface area contributed by atoms with Gasteiger partial charge in [0.1, 0.15) is 0 Å². The van der Waals surface area contributed by atoms with E-state index in [1.165, 1.54) is 53.3 Å². The summed E-state index contributed by atoms with van der Waals surface area (Å²) < 4.78 is 0. The average Bonchev–Trinajstić information content (AvgIpc) is 2.66. The molecular formula is C25H38. The van der Waals surface area contributed by atoms with Crippen LogP contribution in [0.4, 0.5) is 0 Å². The lowest BCUT2D eigenvalue weighted by Gasteiger charge is -2.72. The highest BCUT2D eigenvalue weighted by molar-refractivity contribution is 5.15. The molecule has 0 amide bonds. The average molecular weight is 339 g/mol. The predicted molar refractivity (Wildman–Crippen MR) is 102 cm³/mol. The van der Waals surface area contributed by atoms with Crippen molar-refractivity contribution in [3.63, 3.8) is 0 Å². The Kier molecular flexibility index (Phi) is 3.04. The standard InChI is InChI=1S/C25H38/c1-13-12-18-9-8-16-5-3-14-2-4-15-6-7-17-10-11-19(13)25-23(17)21(15)20(14)22(16)24(18)25/h13-25H,2-12H2,1H3. The molecule has 7 aliphatic rings. The zero-order chi connectivity index (χ0) is 16.3. The van der Waals surface area contributed by atoms with Gasteiger partial charge >= 0.3 is 0 Å². The van der Waals surface area contributed by atoms with Crippen molar-refractivity contribution in [2.45, 2.75) is 77.6 Å². The molecule has 0 N–H and O–H groups in total. The molecule has 7 fully saturated rings. The minimum Gasteiger partial charge on any atom is -0.0622 e. The Morgan fingerprint density at radius 1 is 0.400 bits per heavy atom. The molecule has 0 aromatic rings. The van der Waals surface area contributed by atoms with Crippen LogP contribution in [0, 0.1) is 76.9 Å². The monoisotopic (exact) mass is 338 g/mol. The van der Waals surface area contributed by atoms with Gasteiger partial charge in [0.15, 0.2) is 0 Å². The van der Waals surface area contributed by atoms with Crippen LogP contribution in [0.2, 0.25) is 0 Å². The lowest BCUT2D eigenvalue weighted by atomic mass is 9.33. The first-order valence-corrected chi connectivity index (χ1v) is 12.3. The normalized spacial score (nSPS) is 66.8. The van der Waals surface area contributed by atoms with Crippen molar-refractivity contribution in [1.82, 2.24) is 0 Å². The van der Waals surface area contributed by atoms with Gasteiger partial charge in [-0.2, -0.15) is 0 Å². The van der Waals surface area contributed by atoms with E-state index in [-0.39, 0.29) is 0 Å². The van der Waals surface area contributed by atoms with Gasteiger partial charge in [0, 0.05) is 0 Å². The van der Waals surface area contributed by atoms with E-state index in [9.17, 15) is 0 Å². The largest absolute Gasteiger partial charge is 0.0622 e. The van der Waals surface area contributed by atoms with Crippen LogP contribution in [0.1, 0.15) is 77.6 Å². The molecule has 0 radical (unpaired) electrons. The van der Waals surface area contributed by atoms with Crippen LogP contribution in [-0.2, 0) is 0 Å². The van der Waals surface area contributed by atoms with Gasteiger partial charge in [-0.3, -0.25) is 0 Å². The maximum absolute atomic E-state index is 2.67. The Morgan fingerprint density at radius 2 is 0.760 bits per heavy atom. The molecule has 0 aromatic carbocycles. The Labute approximate surface area is 154 Å². The summed E-state index contributed by atoms with van der Waals surface area (Å²) in [6.45, 7) is 2.67. The number of rotatable bonds is 0. The predicted octanol–water partition coefficient (Wildman–Crippen LogP) is 6.40. The SMILES string of the molecule is CC1CC2CCC3CCC4CCC5CCC6CCC1C1C6C5C4C3C21. The maximum atomic E-state index is 2.67. The summed E-state index contributed by atoms with van der Waals surface area (Å²) in [7, 11) is 0.